The number of amides is 1. The molecule has 4 N–H and O–H groups in total. The summed E-state index contributed by atoms with van der Waals surface area (Å²) in [6.45, 7) is 1.77. The van der Waals surface area contributed by atoms with Gasteiger partial charge in [0.15, 0.2) is 5.69 Å². The predicted octanol–water partition coefficient (Wildman–Crippen LogP) is 0.682. The minimum Gasteiger partial charge on any atom is -0.348 e. The molecule has 1 aromatic heterocycles. The van der Waals surface area contributed by atoms with Gasteiger partial charge in [-0.25, -0.2) is 13.6 Å². The van der Waals surface area contributed by atoms with E-state index in [0.29, 0.717) is 12.1 Å². The fourth-order valence-electron chi connectivity index (χ4n) is 2.57. The van der Waals surface area contributed by atoms with Crippen LogP contribution >= 0.6 is 0 Å². The minimum atomic E-state index is -3.97. The van der Waals surface area contributed by atoms with Crippen molar-refractivity contribution in [2.24, 2.45) is 5.14 Å². The van der Waals surface area contributed by atoms with Crippen LogP contribution in [0.15, 0.2) is 4.90 Å². The fourth-order valence-corrected chi connectivity index (χ4v) is 3.51. The van der Waals surface area contributed by atoms with Crippen molar-refractivity contribution in [1.82, 2.24) is 15.5 Å². The van der Waals surface area contributed by atoms with Crippen LogP contribution in [0.1, 0.15) is 55.2 Å². The maximum Gasteiger partial charge on any atom is 0.273 e. The molecule has 1 fully saturated rings. The number of carbonyl (C=O) groups excluding carboxylic acids is 1. The van der Waals surface area contributed by atoms with Crippen LogP contribution in [0.25, 0.3) is 0 Å². The Bertz CT molecular complexity index is 588. The first-order valence-electron chi connectivity index (χ1n) is 6.84. The van der Waals surface area contributed by atoms with E-state index in [1.165, 1.54) is 6.42 Å². The Morgan fingerprint density at radius 1 is 1.40 bits per heavy atom. The second-order valence-electron chi connectivity index (χ2n) is 5.09. The van der Waals surface area contributed by atoms with Crippen LogP contribution in [0.2, 0.25) is 0 Å². The smallest absolute Gasteiger partial charge is 0.273 e. The fraction of sp³-hybridized carbons (Fsp3) is 0.667. The second kappa shape index (κ2) is 5.92. The Kier molecular flexibility index (Phi) is 4.44. The summed E-state index contributed by atoms with van der Waals surface area (Å²) in [6.07, 6.45) is 5.58. The van der Waals surface area contributed by atoms with Crippen LogP contribution in [0.4, 0.5) is 0 Å². The van der Waals surface area contributed by atoms with Crippen molar-refractivity contribution in [2.75, 3.05) is 0 Å². The number of aryl methyl sites for hydroxylation is 1. The van der Waals surface area contributed by atoms with E-state index in [-0.39, 0.29) is 16.6 Å². The van der Waals surface area contributed by atoms with Gasteiger partial charge >= 0.3 is 0 Å². The summed E-state index contributed by atoms with van der Waals surface area (Å²) < 4.78 is 23.3. The number of H-pyrrole nitrogens is 1. The van der Waals surface area contributed by atoms with Crippen molar-refractivity contribution >= 4 is 15.9 Å². The Hall–Kier alpha value is -1.41. The molecule has 7 nitrogen and oxygen atoms in total. The molecule has 0 bridgehead atoms. The molecule has 0 atom stereocenters. The van der Waals surface area contributed by atoms with Crippen LogP contribution in [-0.2, 0) is 16.4 Å². The number of nitrogens with two attached hydrogens (primary N) is 1. The molecule has 1 aromatic rings. The van der Waals surface area contributed by atoms with Gasteiger partial charge in [0.05, 0.1) is 5.69 Å². The van der Waals surface area contributed by atoms with Crippen molar-refractivity contribution in [3.63, 3.8) is 0 Å². The number of nitrogens with one attached hydrogen (secondary N) is 2. The van der Waals surface area contributed by atoms with Gasteiger partial charge < -0.3 is 5.32 Å². The van der Waals surface area contributed by atoms with Crippen molar-refractivity contribution < 1.29 is 13.2 Å². The first-order chi connectivity index (χ1) is 9.43. The molecule has 0 spiro atoms. The number of aromatic amines is 1. The molecule has 1 saturated carbocycles. The number of rotatable bonds is 4. The summed E-state index contributed by atoms with van der Waals surface area (Å²) >= 11 is 0. The Labute approximate surface area is 118 Å². The van der Waals surface area contributed by atoms with Crippen molar-refractivity contribution in [1.29, 1.82) is 0 Å². The largest absolute Gasteiger partial charge is 0.348 e. The third kappa shape index (κ3) is 3.18. The van der Waals surface area contributed by atoms with Crippen LogP contribution in [0.5, 0.6) is 0 Å². The van der Waals surface area contributed by atoms with E-state index < -0.39 is 15.9 Å². The van der Waals surface area contributed by atoms with Gasteiger partial charge in [-0.05, 0) is 19.3 Å². The van der Waals surface area contributed by atoms with Crippen LogP contribution in [0.3, 0.4) is 0 Å². The van der Waals surface area contributed by atoms with Gasteiger partial charge in [-0.1, -0.05) is 26.2 Å². The normalized spacial score (nSPS) is 17.1. The van der Waals surface area contributed by atoms with E-state index in [2.05, 4.69) is 15.5 Å². The summed E-state index contributed by atoms with van der Waals surface area (Å²) in [5, 5.41) is 14.4. The molecule has 20 heavy (non-hydrogen) atoms. The molecule has 1 aliphatic rings. The third-order valence-corrected chi connectivity index (χ3v) is 4.59. The predicted molar refractivity (Wildman–Crippen MR) is 73.7 cm³/mol. The number of hydrogen-bond donors (Lipinski definition) is 3. The third-order valence-electron chi connectivity index (χ3n) is 3.59. The van der Waals surface area contributed by atoms with E-state index >= 15 is 0 Å². The van der Waals surface area contributed by atoms with Crippen LogP contribution in [-0.4, -0.2) is 30.6 Å². The van der Waals surface area contributed by atoms with Crippen molar-refractivity contribution in [3.05, 3.63) is 11.4 Å². The van der Waals surface area contributed by atoms with Crippen LogP contribution in [0, 0.1) is 0 Å². The number of aromatic nitrogens is 2. The Balaban J connectivity index is 2.23. The zero-order chi connectivity index (χ0) is 14.8. The maximum absolute atomic E-state index is 12.2. The summed E-state index contributed by atoms with van der Waals surface area (Å²) in [7, 11) is -3.97. The highest BCUT2D eigenvalue weighted by molar-refractivity contribution is 7.89. The SMILES string of the molecule is CCc1[nH]nc(C(=O)NC2CCCCC2)c1S(N)(=O)=O. The number of primary sulfonamides is 1. The molecule has 0 radical (unpaired) electrons. The molecule has 112 valence electrons. The molecular formula is C12H20N4O3S. The first-order valence-corrected chi connectivity index (χ1v) is 8.39. The first kappa shape index (κ1) is 15.0. The van der Waals surface area contributed by atoms with E-state index in [9.17, 15) is 13.2 Å². The van der Waals surface area contributed by atoms with E-state index in [1.54, 1.807) is 6.92 Å². The van der Waals surface area contributed by atoms with E-state index in [0.717, 1.165) is 25.7 Å². The lowest BCUT2D eigenvalue weighted by atomic mass is 9.95. The highest BCUT2D eigenvalue weighted by atomic mass is 32.2. The molecule has 2 rings (SSSR count). The summed E-state index contributed by atoms with van der Waals surface area (Å²) in [5.41, 5.74) is 0.233. The topological polar surface area (TPSA) is 118 Å². The van der Waals surface area contributed by atoms with Gasteiger partial charge in [0.2, 0.25) is 10.0 Å². The highest BCUT2D eigenvalue weighted by Crippen LogP contribution is 2.20. The number of carbonyl (C=O) groups is 1. The Morgan fingerprint density at radius 3 is 2.60 bits per heavy atom. The number of nitrogens with zero attached hydrogens (tertiary/aromatic N) is 1. The number of hydrogen-bond acceptors (Lipinski definition) is 4. The zero-order valence-corrected chi connectivity index (χ0v) is 12.3. The van der Waals surface area contributed by atoms with Crippen LogP contribution < -0.4 is 10.5 Å². The minimum absolute atomic E-state index is 0.0892. The van der Waals surface area contributed by atoms with Gasteiger partial charge in [-0.2, -0.15) is 5.10 Å². The monoisotopic (exact) mass is 300 g/mol. The van der Waals surface area contributed by atoms with Crippen molar-refractivity contribution in [2.45, 2.75) is 56.4 Å². The number of sulfonamides is 1. The van der Waals surface area contributed by atoms with Gasteiger partial charge in [-0.15, -0.1) is 0 Å². The summed E-state index contributed by atoms with van der Waals surface area (Å²) in [5.74, 6) is -0.475. The average Bonchev–Trinajstić information content (AvgIpc) is 2.83. The van der Waals surface area contributed by atoms with Gasteiger partial charge in [0, 0.05) is 6.04 Å². The van der Waals surface area contributed by atoms with Gasteiger partial charge in [-0.3, -0.25) is 9.89 Å². The maximum atomic E-state index is 12.2. The molecule has 1 amide bonds. The quantitative estimate of drug-likeness (QED) is 0.757. The van der Waals surface area contributed by atoms with E-state index in [4.69, 9.17) is 5.14 Å². The summed E-state index contributed by atoms with van der Waals surface area (Å²) in [6, 6.07) is 0.0892. The zero-order valence-electron chi connectivity index (χ0n) is 11.5. The molecule has 1 aliphatic carbocycles. The Morgan fingerprint density at radius 2 is 2.05 bits per heavy atom. The lowest BCUT2D eigenvalue weighted by Gasteiger charge is -2.22. The molecular weight excluding hydrogens is 280 g/mol. The van der Waals surface area contributed by atoms with Gasteiger partial charge in [0.25, 0.3) is 5.91 Å². The standard InChI is InChI=1S/C12H20N4O3S/c1-2-9-11(20(13,18)19)10(16-15-9)12(17)14-8-6-4-3-5-7-8/h8H,2-7H2,1H3,(H,14,17)(H,15,16)(H2,13,18,19). The molecule has 0 saturated heterocycles. The van der Waals surface area contributed by atoms with E-state index in [1.807, 2.05) is 0 Å². The molecule has 0 aliphatic heterocycles. The highest BCUT2D eigenvalue weighted by Gasteiger charge is 2.28. The van der Waals surface area contributed by atoms with Crippen molar-refractivity contribution in [3.8, 4) is 0 Å². The van der Waals surface area contributed by atoms with Gasteiger partial charge in [0.1, 0.15) is 4.90 Å². The average molecular weight is 300 g/mol. The second-order valence-corrected chi connectivity index (χ2v) is 6.59. The lowest BCUT2D eigenvalue weighted by Crippen LogP contribution is -2.37. The molecule has 1 heterocycles. The summed E-state index contributed by atoms with van der Waals surface area (Å²) in [4.78, 5) is 12.0. The molecule has 0 unspecified atom stereocenters. The molecule has 0 aromatic carbocycles. The lowest BCUT2D eigenvalue weighted by molar-refractivity contribution is 0.0919. The molecule has 8 heteroatoms.